The first-order valence-electron chi connectivity index (χ1n) is 6.95. The van der Waals surface area contributed by atoms with Gasteiger partial charge >= 0.3 is 0 Å². The van der Waals surface area contributed by atoms with E-state index in [0.717, 1.165) is 12.2 Å². The Morgan fingerprint density at radius 2 is 2.05 bits per heavy atom. The molecule has 3 nitrogen and oxygen atoms in total. The number of hydrogen-bond donors (Lipinski definition) is 2. The van der Waals surface area contributed by atoms with E-state index in [-0.39, 0.29) is 0 Å². The van der Waals surface area contributed by atoms with E-state index in [0.29, 0.717) is 6.04 Å². The lowest BCUT2D eigenvalue weighted by Gasteiger charge is -2.16. The van der Waals surface area contributed by atoms with Crippen molar-refractivity contribution < 1.29 is 0 Å². The molecule has 2 N–H and O–H groups in total. The Labute approximate surface area is 119 Å². The lowest BCUT2D eigenvalue weighted by atomic mass is 10.0. The van der Waals surface area contributed by atoms with Gasteiger partial charge in [0, 0.05) is 30.4 Å². The molecule has 2 aromatic heterocycles. The molecule has 0 amide bonds. The average Bonchev–Trinajstić information content (AvgIpc) is 2.88. The largest absolute Gasteiger partial charge is 0.346 e. The molecule has 1 atom stereocenters. The van der Waals surface area contributed by atoms with E-state index >= 15 is 0 Å². The molecule has 3 heteroatoms. The minimum Gasteiger partial charge on any atom is -0.346 e. The van der Waals surface area contributed by atoms with Crippen LogP contribution in [0.5, 0.6) is 0 Å². The number of aromatic amines is 1. The Balaban J connectivity index is 1.75. The Kier molecular flexibility index (Phi) is 3.52. The maximum atomic E-state index is 4.32. The maximum Gasteiger partial charge on any atom is 0.137 e. The van der Waals surface area contributed by atoms with E-state index < -0.39 is 0 Å². The number of H-pyrrole nitrogens is 1. The van der Waals surface area contributed by atoms with Crippen molar-refractivity contribution in [3.05, 3.63) is 65.5 Å². The molecular formula is C17H19N3. The second kappa shape index (κ2) is 5.47. The first-order chi connectivity index (χ1) is 9.75. The van der Waals surface area contributed by atoms with Gasteiger partial charge in [-0.15, -0.1) is 0 Å². The summed E-state index contributed by atoms with van der Waals surface area (Å²) in [5.74, 6) is 0. The zero-order valence-corrected chi connectivity index (χ0v) is 11.9. The van der Waals surface area contributed by atoms with Gasteiger partial charge in [0.1, 0.15) is 5.65 Å². The van der Waals surface area contributed by atoms with Crippen LogP contribution in [0.15, 0.2) is 48.8 Å². The van der Waals surface area contributed by atoms with Crippen molar-refractivity contribution in [3.8, 4) is 0 Å². The number of rotatable bonds is 4. The highest BCUT2D eigenvalue weighted by molar-refractivity contribution is 5.79. The third kappa shape index (κ3) is 2.45. The van der Waals surface area contributed by atoms with Crippen LogP contribution in [-0.4, -0.2) is 9.97 Å². The topological polar surface area (TPSA) is 40.7 Å². The zero-order valence-electron chi connectivity index (χ0n) is 11.9. The fraction of sp³-hybridized carbons (Fsp3) is 0.235. The smallest absolute Gasteiger partial charge is 0.137 e. The first-order valence-corrected chi connectivity index (χ1v) is 6.95. The fourth-order valence-corrected chi connectivity index (χ4v) is 2.60. The van der Waals surface area contributed by atoms with Crippen LogP contribution in [0.2, 0.25) is 0 Å². The van der Waals surface area contributed by atoms with Gasteiger partial charge < -0.3 is 10.3 Å². The Morgan fingerprint density at radius 1 is 1.20 bits per heavy atom. The summed E-state index contributed by atoms with van der Waals surface area (Å²) < 4.78 is 0. The number of hydrogen-bond acceptors (Lipinski definition) is 2. The van der Waals surface area contributed by atoms with Crippen molar-refractivity contribution in [1.82, 2.24) is 15.3 Å². The molecule has 3 aromatic rings. The molecule has 3 rings (SSSR count). The molecular weight excluding hydrogens is 246 g/mol. The summed E-state index contributed by atoms with van der Waals surface area (Å²) in [4.78, 5) is 7.53. The Bertz CT molecular complexity index is 715. The third-order valence-electron chi connectivity index (χ3n) is 3.79. The predicted molar refractivity (Wildman–Crippen MR) is 82.5 cm³/mol. The van der Waals surface area contributed by atoms with E-state index in [1.165, 1.54) is 22.1 Å². The van der Waals surface area contributed by atoms with Crippen LogP contribution >= 0.6 is 0 Å². The monoisotopic (exact) mass is 265 g/mol. The van der Waals surface area contributed by atoms with Crippen LogP contribution in [0, 0.1) is 6.92 Å². The second-order valence-electron chi connectivity index (χ2n) is 5.17. The van der Waals surface area contributed by atoms with Gasteiger partial charge in [0.25, 0.3) is 0 Å². The van der Waals surface area contributed by atoms with Gasteiger partial charge in [-0.2, -0.15) is 0 Å². The van der Waals surface area contributed by atoms with Crippen molar-refractivity contribution >= 4 is 11.0 Å². The summed E-state index contributed by atoms with van der Waals surface area (Å²) in [5, 5.41) is 4.78. The lowest BCUT2D eigenvalue weighted by molar-refractivity contribution is 0.574. The van der Waals surface area contributed by atoms with Crippen molar-refractivity contribution in [1.29, 1.82) is 0 Å². The summed E-state index contributed by atoms with van der Waals surface area (Å²) >= 11 is 0. The Hall–Kier alpha value is -2.13. The van der Waals surface area contributed by atoms with Gasteiger partial charge in [0.05, 0.1) is 0 Å². The Morgan fingerprint density at radius 3 is 2.90 bits per heavy atom. The maximum absolute atomic E-state index is 4.32. The van der Waals surface area contributed by atoms with Crippen LogP contribution in [0.25, 0.3) is 11.0 Å². The molecule has 0 aliphatic carbocycles. The molecule has 0 fully saturated rings. The number of benzene rings is 1. The second-order valence-corrected chi connectivity index (χ2v) is 5.17. The molecule has 0 saturated heterocycles. The fourth-order valence-electron chi connectivity index (χ4n) is 2.60. The molecule has 20 heavy (non-hydrogen) atoms. The van der Waals surface area contributed by atoms with Crippen LogP contribution in [0.4, 0.5) is 0 Å². The van der Waals surface area contributed by atoms with Crippen LogP contribution in [0.3, 0.4) is 0 Å². The number of aryl methyl sites for hydroxylation is 1. The van der Waals surface area contributed by atoms with Crippen molar-refractivity contribution in [2.45, 2.75) is 26.4 Å². The van der Waals surface area contributed by atoms with Crippen LogP contribution < -0.4 is 5.32 Å². The highest BCUT2D eigenvalue weighted by Gasteiger charge is 2.09. The average molecular weight is 265 g/mol. The lowest BCUT2D eigenvalue weighted by Crippen LogP contribution is -2.18. The van der Waals surface area contributed by atoms with Crippen LogP contribution in [-0.2, 0) is 6.54 Å². The van der Waals surface area contributed by atoms with Crippen molar-refractivity contribution in [2.24, 2.45) is 0 Å². The van der Waals surface area contributed by atoms with Crippen molar-refractivity contribution in [2.75, 3.05) is 0 Å². The predicted octanol–water partition coefficient (Wildman–Crippen LogP) is 3.72. The normalized spacial score (nSPS) is 12.7. The van der Waals surface area contributed by atoms with E-state index in [4.69, 9.17) is 0 Å². The first kappa shape index (κ1) is 12.9. The molecule has 0 bridgehead atoms. The summed E-state index contributed by atoms with van der Waals surface area (Å²) in [5.41, 5.74) is 4.89. The number of nitrogens with zero attached hydrogens (tertiary/aromatic N) is 1. The zero-order chi connectivity index (χ0) is 13.9. The minimum absolute atomic E-state index is 0.331. The molecule has 0 radical (unpaired) electrons. The summed E-state index contributed by atoms with van der Waals surface area (Å²) in [6.45, 7) is 5.19. The van der Waals surface area contributed by atoms with Crippen molar-refractivity contribution in [3.63, 3.8) is 0 Å². The molecule has 0 aliphatic rings. The molecule has 0 saturated carbocycles. The van der Waals surface area contributed by atoms with Gasteiger partial charge in [-0.3, -0.25) is 0 Å². The molecule has 1 unspecified atom stereocenters. The summed E-state index contributed by atoms with van der Waals surface area (Å²) in [6.07, 6.45) is 3.85. The van der Waals surface area contributed by atoms with Gasteiger partial charge in [-0.25, -0.2) is 4.98 Å². The van der Waals surface area contributed by atoms with E-state index in [1.807, 2.05) is 18.5 Å². The molecule has 1 aromatic carbocycles. The molecule has 102 valence electrons. The number of nitrogens with one attached hydrogen (secondary N) is 2. The highest BCUT2D eigenvalue weighted by Crippen LogP contribution is 2.19. The summed E-state index contributed by atoms with van der Waals surface area (Å²) in [7, 11) is 0. The highest BCUT2D eigenvalue weighted by atomic mass is 14.9. The van der Waals surface area contributed by atoms with Gasteiger partial charge in [-0.1, -0.05) is 24.3 Å². The number of aromatic nitrogens is 2. The quantitative estimate of drug-likeness (QED) is 0.754. The van der Waals surface area contributed by atoms with Crippen LogP contribution in [0.1, 0.15) is 29.7 Å². The number of fused-ring (bicyclic) bond motifs is 1. The SMILES string of the molecule is Cc1ccccc1C(C)NCc1c[nH]c2ncccc12. The molecule has 0 aliphatic heterocycles. The van der Waals surface area contributed by atoms with Gasteiger partial charge in [0.2, 0.25) is 0 Å². The van der Waals surface area contributed by atoms with E-state index in [2.05, 4.69) is 59.5 Å². The standard InChI is InChI=1S/C17H19N3/c1-12-6-3-4-7-15(12)13(2)19-10-14-11-20-17-16(14)8-5-9-18-17/h3-9,11,13,19H,10H2,1-2H3,(H,18,20). The number of pyridine rings is 1. The minimum atomic E-state index is 0.331. The van der Waals surface area contributed by atoms with E-state index in [1.54, 1.807) is 0 Å². The molecule has 2 heterocycles. The van der Waals surface area contributed by atoms with E-state index in [9.17, 15) is 0 Å². The van der Waals surface area contributed by atoms with Gasteiger partial charge in [-0.05, 0) is 42.7 Å². The molecule has 0 spiro atoms. The third-order valence-corrected chi connectivity index (χ3v) is 3.79. The summed E-state index contributed by atoms with van der Waals surface area (Å²) in [6, 6.07) is 12.9. The van der Waals surface area contributed by atoms with Gasteiger partial charge in [0.15, 0.2) is 0 Å².